The number of nitrogens with zero attached hydrogens (tertiary/aromatic N) is 3. The third-order valence-electron chi connectivity index (χ3n) is 5.87. The van der Waals surface area contributed by atoms with Crippen LogP contribution in [0.5, 0.6) is 0 Å². The number of aliphatic imine (C=N–C) groups is 2. The average molecular weight is 420 g/mol. The molecule has 0 radical (unpaired) electrons. The van der Waals surface area contributed by atoms with Gasteiger partial charge in [0, 0.05) is 11.3 Å². The number of hydrogen-bond donors (Lipinski definition) is 0. The van der Waals surface area contributed by atoms with Crippen LogP contribution in [0.2, 0.25) is 0 Å². The zero-order valence-electron chi connectivity index (χ0n) is 18.3. The second-order valence-corrected chi connectivity index (χ2v) is 10.0. The van der Waals surface area contributed by atoms with Gasteiger partial charge in [-0.25, -0.2) is 9.89 Å². The predicted octanol–water partition coefficient (Wildman–Crippen LogP) is 5.92. The summed E-state index contributed by atoms with van der Waals surface area (Å²) in [5.74, 6) is 1.76. The van der Waals surface area contributed by atoms with Gasteiger partial charge in [0.1, 0.15) is 11.9 Å². The fourth-order valence-corrected chi connectivity index (χ4v) is 4.67. The van der Waals surface area contributed by atoms with Crippen LogP contribution < -0.4 is 0 Å². The molecule has 2 aliphatic rings. The molecule has 0 N–H and O–H groups in total. The first-order chi connectivity index (χ1) is 14.3. The highest BCUT2D eigenvalue weighted by Gasteiger charge is 2.42. The van der Waals surface area contributed by atoms with Gasteiger partial charge in [-0.05, 0) is 34.6 Å². The van der Waals surface area contributed by atoms with Gasteiger partial charge in [0.25, 0.3) is 5.91 Å². The third-order valence-corrected chi connectivity index (χ3v) is 6.88. The van der Waals surface area contributed by atoms with Gasteiger partial charge in [-0.15, -0.1) is 0 Å². The van der Waals surface area contributed by atoms with Gasteiger partial charge in [0.05, 0.1) is 5.69 Å². The van der Waals surface area contributed by atoms with Gasteiger partial charge in [0.2, 0.25) is 0 Å². The lowest BCUT2D eigenvalue weighted by molar-refractivity contribution is -0.125. The number of benzene rings is 2. The molecule has 0 saturated heterocycles. The second-order valence-electron chi connectivity index (χ2n) is 9.10. The SMILES string of the molecule is CC[C@H](C)[C@H]1N=C2c3ccccc3N=C(SCc3ccc(C(C)(C)C)cc3)N2C1=O. The molecule has 2 aliphatic heterocycles. The molecule has 0 unspecified atom stereocenters. The lowest BCUT2D eigenvalue weighted by Gasteiger charge is -2.26. The summed E-state index contributed by atoms with van der Waals surface area (Å²) in [6.45, 7) is 10.9. The van der Waals surface area contributed by atoms with Gasteiger partial charge in [-0.1, -0.05) is 89.2 Å². The van der Waals surface area contributed by atoms with E-state index in [1.165, 1.54) is 11.1 Å². The number of carbonyl (C=O) groups excluding carboxylic acids is 1. The van der Waals surface area contributed by atoms with Crippen molar-refractivity contribution in [3.05, 3.63) is 65.2 Å². The Labute approximate surface area is 183 Å². The molecule has 30 heavy (non-hydrogen) atoms. The van der Waals surface area contributed by atoms with Gasteiger partial charge in [-0.2, -0.15) is 0 Å². The van der Waals surface area contributed by atoms with E-state index >= 15 is 0 Å². The highest BCUT2D eigenvalue weighted by molar-refractivity contribution is 8.13. The average Bonchev–Trinajstić information content (AvgIpc) is 3.09. The van der Waals surface area contributed by atoms with Crippen molar-refractivity contribution in [1.82, 2.24) is 4.90 Å². The Balaban J connectivity index is 1.61. The molecule has 0 spiro atoms. The molecule has 4 nitrogen and oxygen atoms in total. The number of rotatable bonds is 4. The van der Waals surface area contributed by atoms with E-state index in [4.69, 9.17) is 9.98 Å². The molecule has 0 aliphatic carbocycles. The van der Waals surface area contributed by atoms with Crippen LogP contribution in [0.15, 0.2) is 58.5 Å². The highest BCUT2D eigenvalue weighted by atomic mass is 32.2. The largest absolute Gasteiger partial charge is 0.271 e. The van der Waals surface area contributed by atoms with Crippen molar-refractivity contribution in [2.45, 2.75) is 58.2 Å². The predicted molar refractivity (Wildman–Crippen MR) is 127 cm³/mol. The number of hydrogen-bond acceptors (Lipinski definition) is 4. The fraction of sp³-hybridized carbons (Fsp3) is 0.400. The lowest BCUT2D eigenvalue weighted by Crippen LogP contribution is -2.42. The number of carbonyl (C=O) groups is 1. The number of amides is 1. The second kappa shape index (κ2) is 8.03. The number of thioether (sulfide) groups is 1. The number of fused-ring (bicyclic) bond motifs is 3. The molecule has 2 aromatic carbocycles. The Kier molecular flexibility index (Phi) is 5.58. The first kappa shape index (κ1) is 20.9. The summed E-state index contributed by atoms with van der Waals surface area (Å²) < 4.78 is 0. The molecule has 4 rings (SSSR count). The molecule has 2 atom stereocenters. The normalized spacial score (nSPS) is 19.2. The van der Waals surface area contributed by atoms with Crippen LogP contribution in [0.1, 0.15) is 57.7 Å². The minimum atomic E-state index is -0.326. The summed E-state index contributed by atoms with van der Waals surface area (Å²) in [7, 11) is 0. The van der Waals surface area contributed by atoms with Crippen LogP contribution in [0.25, 0.3) is 0 Å². The summed E-state index contributed by atoms with van der Waals surface area (Å²) in [5, 5.41) is 0.725. The number of para-hydroxylation sites is 1. The summed E-state index contributed by atoms with van der Waals surface area (Å²) in [4.78, 5) is 24.7. The van der Waals surface area contributed by atoms with Crippen molar-refractivity contribution in [2.24, 2.45) is 15.9 Å². The molecule has 2 heterocycles. The van der Waals surface area contributed by atoms with E-state index < -0.39 is 0 Å². The summed E-state index contributed by atoms with van der Waals surface area (Å²) in [6.07, 6.45) is 0.919. The van der Waals surface area contributed by atoms with E-state index in [0.29, 0.717) is 0 Å². The van der Waals surface area contributed by atoms with Crippen molar-refractivity contribution in [3.63, 3.8) is 0 Å². The summed E-state index contributed by atoms with van der Waals surface area (Å²) >= 11 is 1.60. The molecule has 0 aromatic heterocycles. The standard InChI is InChI=1S/C25H29N3OS/c1-6-16(2)21-23(29)28-22(27-21)19-9-7-8-10-20(19)26-24(28)30-15-17-11-13-18(14-12-17)25(3,4)5/h7-14,16,21H,6,15H2,1-5H3/t16-,21+/m0/s1. The van der Waals surface area contributed by atoms with Crippen molar-refractivity contribution in [3.8, 4) is 0 Å². The minimum Gasteiger partial charge on any atom is -0.271 e. The Morgan fingerprint density at radius 1 is 1.10 bits per heavy atom. The monoisotopic (exact) mass is 419 g/mol. The van der Waals surface area contributed by atoms with Crippen molar-refractivity contribution < 1.29 is 4.79 Å². The van der Waals surface area contributed by atoms with Gasteiger partial charge in [-0.3, -0.25) is 9.79 Å². The Morgan fingerprint density at radius 3 is 2.47 bits per heavy atom. The highest BCUT2D eigenvalue weighted by Crippen LogP contribution is 2.36. The van der Waals surface area contributed by atoms with Crippen molar-refractivity contribution >= 4 is 34.4 Å². The van der Waals surface area contributed by atoms with Crippen LogP contribution in [0, 0.1) is 5.92 Å². The fourth-order valence-electron chi connectivity index (χ4n) is 3.71. The molecule has 1 amide bonds. The maximum atomic E-state index is 13.2. The van der Waals surface area contributed by atoms with E-state index in [9.17, 15) is 4.79 Å². The van der Waals surface area contributed by atoms with E-state index in [2.05, 4.69) is 58.9 Å². The van der Waals surface area contributed by atoms with E-state index in [0.717, 1.165) is 34.4 Å². The van der Waals surface area contributed by atoms with Crippen LogP contribution in [-0.4, -0.2) is 27.9 Å². The molecule has 156 valence electrons. The molecule has 0 saturated carbocycles. The maximum absolute atomic E-state index is 13.2. The van der Waals surface area contributed by atoms with E-state index in [-0.39, 0.29) is 23.3 Å². The Bertz CT molecular complexity index is 1020. The lowest BCUT2D eigenvalue weighted by atomic mass is 9.87. The smallest absolute Gasteiger partial charge is 0.259 e. The summed E-state index contributed by atoms with van der Waals surface area (Å²) in [6, 6.07) is 16.4. The molecule has 5 heteroatoms. The third kappa shape index (κ3) is 3.83. The van der Waals surface area contributed by atoms with Crippen molar-refractivity contribution in [2.75, 3.05) is 0 Å². The molecule has 0 fully saturated rings. The first-order valence-corrected chi connectivity index (χ1v) is 11.6. The van der Waals surface area contributed by atoms with Crippen LogP contribution >= 0.6 is 11.8 Å². The van der Waals surface area contributed by atoms with Crippen LogP contribution in [0.4, 0.5) is 5.69 Å². The van der Waals surface area contributed by atoms with Gasteiger partial charge >= 0.3 is 0 Å². The molecular formula is C25H29N3OS. The zero-order chi connectivity index (χ0) is 21.5. The molecular weight excluding hydrogens is 390 g/mol. The van der Waals surface area contributed by atoms with Crippen LogP contribution in [0.3, 0.4) is 0 Å². The summed E-state index contributed by atoms with van der Waals surface area (Å²) in [5.41, 5.74) is 4.51. The Hall–Kier alpha value is -2.40. The van der Waals surface area contributed by atoms with E-state index in [1.807, 2.05) is 24.3 Å². The maximum Gasteiger partial charge on any atom is 0.259 e. The molecule has 0 bridgehead atoms. The van der Waals surface area contributed by atoms with Crippen LogP contribution in [-0.2, 0) is 16.0 Å². The topological polar surface area (TPSA) is 45.0 Å². The number of amidine groups is 2. The minimum absolute atomic E-state index is 0.0446. The Morgan fingerprint density at radius 2 is 1.80 bits per heavy atom. The van der Waals surface area contributed by atoms with Gasteiger partial charge < -0.3 is 0 Å². The quantitative estimate of drug-likeness (QED) is 0.617. The first-order valence-electron chi connectivity index (χ1n) is 10.6. The zero-order valence-corrected chi connectivity index (χ0v) is 19.2. The van der Waals surface area contributed by atoms with Gasteiger partial charge in [0.15, 0.2) is 5.17 Å². The molecule has 2 aromatic rings. The van der Waals surface area contributed by atoms with E-state index in [1.54, 1.807) is 16.7 Å². The van der Waals surface area contributed by atoms with Crippen molar-refractivity contribution in [1.29, 1.82) is 0 Å².